The molecule has 0 heterocycles. The van der Waals surface area contributed by atoms with Crippen molar-refractivity contribution >= 4 is 5.97 Å². The van der Waals surface area contributed by atoms with Crippen LogP contribution in [0.5, 0.6) is 0 Å². The zero-order valence-corrected chi connectivity index (χ0v) is 21.1. The number of rotatable bonds is 20. The highest BCUT2D eigenvalue weighted by Crippen LogP contribution is 2.13. The Morgan fingerprint density at radius 3 is 1.59 bits per heavy atom. The minimum Gasteiger partial charge on any atom is -1.00 e. The first-order valence-corrected chi connectivity index (χ1v) is 12.0. The van der Waals surface area contributed by atoms with E-state index in [0.717, 1.165) is 19.5 Å². The van der Waals surface area contributed by atoms with Gasteiger partial charge in [-0.15, -0.1) is 0 Å². The van der Waals surface area contributed by atoms with E-state index in [9.17, 15) is 4.79 Å². The van der Waals surface area contributed by atoms with Crippen molar-refractivity contribution in [3.63, 3.8) is 0 Å². The zero-order valence-electron chi connectivity index (χ0n) is 20.3. The fourth-order valence-corrected chi connectivity index (χ4v) is 3.43. The molecule has 0 fully saturated rings. The Balaban J connectivity index is 0. The second-order valence-electron chi connectivity index (χ2n) is 9.44. The third kappa shape index (κ3) is 23.8. The molecule has 4 nitrogen and oxygen atoms in total. The maximum Gasteiger partial charge on any atom is 0.361 e. The summed E-state index contributed by atoms with van der Waals surface area (Å²) in [5.41, 5.74) is 0. The van der Waals surface area contributed by atoms with Crippen molar-refractivity contribution in [2.75, 3.05) is 54.4 Å². The molecule has 0 atom stereocenters. The average Bonchev–Trinajstić information content (AvgIpc) is 2.63. The van der Waals surface area contributed by atoms with Crippen LogP contribution in [0.3, 0.4) is 0 Å². The van der Waals surface area contributed by atoms with Crippen LogP contribution in [-0.4, -0.2) is 69.8 Å². The topological polar surface area (TPSA) is 29.5 Å². The van der Waals surface area contributed by atoms with Crippen molar-refractivity contribution in [2.45, 2.75) is 96.8 Å². The smallest absolute Gasteiger partial charge is 0.361 e. The van der Waals surface area contributed by atoms with E-state index in [1.807, 2.05) is 0 Å². The van der Waals surface area contributed by atoms with E-state index in [-0.39, 0.29) is 18.4 Å². The first kappa shape index (κ1) is 30.9. The van der Waals surface area contributed by atoms with Crippen LogP contribution < -0.4 is 12.4 Å². The minimum absolute atomic E-state index is 0. The van der Waals surface area contributed by atoms with Gasteiger partial charge in [0.15, 0.2) is 6.54 Å². The average molecular weight is 435 g/mol. The summed E-state index contributed by atoms with van der Waals surface area (Å²) in [7, 11) is 8.32. The van der Waals surface area contributed by atoms with Crippen LogP contribution in [0.15, 0.2) is 0 Å². The molecule has 0 saturated heterocycles. The Morgan fingerprint density at radius 2 is 1.17 bits per heavy atom. The molecular weight excluding hydrogens is 384 g/mol. The number of likely N-dealkylation sites (N-methyl/N-ethyl adjacent to an activating group) is 2. The van der Waals surface area contributed by atoms with E-state index in [1.165, 1.54) is 83.5 Å². The number of carbonyl (C=O) groups is 1. The molecule has 0 bridgehead atoms. The summed E-state index contributed by atoms with van der Waals surface area (Å²) in [4.78, 5) is 14.1. The lowest BCUT2D eigenvalue weighted by molar-refractivity contribution is -0.882. The molecule has 0 saturated carbocycles. The van der Waals surface area contributed by atoms with E-state index in [0.29, 0.717) is 17.6 Å². The Bertz CT molecular complexity index is 363. The number of hydrogen-bond acceptors (Lipinski definition) is 3. The summed E-state index contributed by atoms with van der Waals surface area (Å²) in [6.07, 6.45) is 18.9. The van der Waals surface area contributed by atoms with Gasteiger partial charge in [0.05, 0.1) is 27.2 Å². The molecule has 0 spiro atoms. The number of unbranched alkanes of at least 4 members (excludes halogenated alkanes) is 13. The standard InChI is InChI=1S/C24H51N2O2.ClH/c1-6-7-8-9-10-11-12-13-14-15-16-17-18-19-22-28-24(27)23-26(4,5)21-20-25(2)3;/h6-23H2,1-5H3;1H/q+1;/p-1. The van der Waals surface area contributed by atoms with Gasteiger partial charge in [0.1, 0.15) is 0 Å². The highest BCUT2D eigenvalue weighted by atomic mass is 35.5. The summed E-state index contributed by atoms with van der Waals surface area (Å²) in [6, 6.07) is 0. The van der Waals surface area contributed by atoms with Crippen LogP contribution >= 0.6 is 0 Å². The molecule has 0 radical (unpaired) electrons. The van der Waals surface area contributed by atoms with Crippen molar-refractivity contribution in [3.8, 4) is 0 Å². The van der Waals surface area contributed by atoms with Gasteiger partial charge in [-0.2, -0.15) is 0 Å². The lowest BCUT2D eigenvalue weighted by Gasteiger charge is -2.29. The van der Waals surface area contributed by atoms with Gasteiger partial charge in [-0.05, 0) is 20.5 Å². The summed E-state index contributed by atoms with van der Waals surface area (Å²) >= 11 is 0. The van der Waals surface area contributed by atoms with E-state index in [2.05, 4.69) is 40.0 Å². The van der Waals surface area contributed by atoms with Gasteiger partial charge in [0, 0.05) is 6.54 Å². The maximum absolute atomic E-state index is 12.0. The normalized spacial score (nSPS) is 11.5. The predicted molar refractivity (Wildman–Crippen MR) is 122 cm³/mol. The molecule has 0 aliphatic carbocycles. The van der Waals surface area contributed by atoms with Crippen LogP contribution in [0.25, 0.3) is 0 Å². The summed E-state index contributed by atoms with van der Waals surface area (Å²) in [5.74, 6) is -0.0570. The highest BCUT2D eigenvalue weighted by Gasteiger charge is 2.20. The summed E-state index contributed by atoms with van der Waals surface area (Å²) in [6.45, 7) is 5.28. The lowest BCUT2D eigenvalue weighted by atomic mass is 10.0. The Kier molecular flexibility index (Phi) is 22.3. The quantitative estimate of drug-likeness (QED) is 0.167. The fourth-order valence-electron chi connectivity index (χ4n) is 3.43. The van der Waals surface area contributed by atoms with Gasteiger partial charge < -0.3 is 26.5 Å². The van der Waals surface area contributed by atoms with Crippen molar-refractivity contribution in [1.82, 2.24) is 4.90 Å². The third-order valence-corrected chi connectivity index (χ3v) is 5.47. The highest BCUT2D eigenvalue weighted by molar-refractivity contribution is 5.70. The third-order valence-electron chi connectivity index (χ3n) is 5.47. The van der Waals surface area contributed by atoms with Crippen molar-refractivity contribution < 1.29 is 26.4 Å². The largest absolute Gasteiger partial charge is 1.00 e. The van der Waals surface area contributed by atoms with Gasteiger partial charge in [0.2, 0.25) is 0 Å². The molecule has 0 amide bonds. The molecule has 176 valence electrons. The Hall–Kier alpha value is -0.320. The molecule has 0 rings (SSSR count). The summed E-state index contributed by atoms with van der Waals surface area (Å²) in [5, 5.41) is 0. The second kappa shape index (κ2) is 20.9. The maximum atomic E-state index is 12.0. The predicted octanol–water partition coefficient (Wildman–Crippen LogP) is 2.65. The van der Waals surface area contributed by atoms with E-state index < -0.39 is 0 Å². The number of quaternary nitrogens is 1. The van der Waals surface area contributed by atoms with Crippen molar-refractivity contribution in [3.05, 3.63) is 0 Å². The molecule has 0 aliphatic rings. The van der Waals surface area contributed by atoms with Crippen LogP contribution in [0.2, 0.25) is 0 Å². The molecule has 0 aromatic heterocycles. The van der Waals surface area contributed by atoms with Gasteiger partial charge >= 0.3 is 5.97 Å². The first-order chi connectivity index (χ1) is 13.4. The molecule has 0 aromatic rings. The number of carbonyl (C=O) groups excluding carboxylic acids is 1. The van der Waals surface area contributed by atoms with Crippen LogP contribution in [0.1, 0.15) is 96.8 Å². The molecule has 29 heavy (non-hydrogen) atoms. The van der Waals surface area contributed by atoms with Gasteiger partial charge in [-0.1, -0.05) is 90.4 Å². The van der Waals surface area contributed by atoms with Gasteiger partial charge in [-0.3, -0.25) is 0 Å². The molecule has 0 unspecified atom stereocenters. The minimum atomic E-state index is -0.0570. The van der Waals surface area contributed by atoms with Crippen LogP contribution in [0.4, 0.5) is 0 Å². The number of halogens is 1. The molecule has 0 aromatic carbocycles. The van der Waals surface area contributed by atoms with E-state index in [4.69, 9.17) is 4.74 Å². The molecule has 5 heteroatoms. The number of esters is 1. The molecule has 0 N–H and O–H groups in total. The molecule has 0 aliphatic heterocycles. The number of hydrogen-bond donors (Lipinski definition) is 0. The van der Waals surface area contributed by atoms with E-state index in [1.54, 1.807) is 0 Å². The van der Waals surface area contributed by atoms with Gasteiger partial charge in [0.25, 0.3) is 0 Å². The molecular formula is C24H51ClN2O2. The Morgan fingerprint density at radius 1 is 0.759 bits per heavy atom. The van der Waals surface area contributed by atoms with Crippen LogP contribution in [0, 0.1) is 0 Å². The van der Waals surface area contributed by atoms with E-state index >= 15 is 0 Å². The van der Waals surface area contributed by atoms with Crippen molar-refractivity contribution in [1.29, 1.82) is 0 Å². The first-order valence-electron chi connectivity index (χ1n) is 12.0. The Labute approximate surface area is 188 Å². The SMILES string of the molecule is CCCCCCCCCCCCCCCCOC(=O)C[N+](C)(C)CCN(C)C.[Cl-]. The second-order valence-corrected chi connectivity index (χ2v) is 9.44. The van der Waals surface area contributed by atoms with Crippen LogP contribution in [-0.2, 0) is 9.53 Å². The monoisotopic (exact) mass is 434 g/mol. The summed E-state index contributed by atoms with van der Waals surface area (Å²) < 4.78 is 6.11. The number of nitrogens with zero attached hydrogens (tertiary/aromatic N) is 2. The number of ether oxygens (including phenoxy) is 1. The zero-order chi connectivity index (χ0) is 21.1. The fraction of sp³-hybridized carbons (Fsp3) is 0.958. The lowest BCUT2D eigenvalue weighted by Crippen LogP contribution is -3.00. The van der Waals surface area contributed by atoms with Crippen molar-refractivity contribution in [2.24, 2.45) is 0 Å². The van der Waals surface area contributed by atoms with Gasteiger partial charge in [-0.25, -0.2) is 4.79 Å².